The van der Waals surface area contributed by atoms with E-state index >= 15 is 0 Å². The highest BCUT2D eigenvalue weighted by molar-refractivity contribution is 5.94. The highest BCUT2D eigenvalue weighted by Gasteiger charge is 2.03. The van der Waals surface area contributed by atoms with Gasteiger partial charge in [0, 0.05) is 5.56 Å². The number of phenols is 1. The molecule has 0 atom stereocenters. The first-order valence-electron chi connectivity index (χ1n) is 6.54. The first-order chi connectivity index (χ1) is 10.2. The molecule has 2 N–H and O–H groups in total. The molecule has 2 aromatic carbocycles. The molecule has 0 saturated carbocycles. The van der Waals surface area contributed by atoms with Crippen molar-refractivity contribution >= 4 is 12.1 Å². The summed E-state index contributed by atoms with van der Waals surface area (Å²) < 4.78 is 5.34. The number of nitrogens with zero attached hydrogens (tertiary/aromatic N) is 1. The standard InChI is InChI=1S/C16H16N2O3/c1-2-21-15-9-3-12(4-10-15)11-17-18-16(20)13-5-7-14(19)8-6-13/h3-11,19H,2H2,1H3,(H,18,20). The number of rotatable bonds is 5. The number of hydrogen-bond acceptors (Lipinski definition) is 4. The minimum absolute atomic E-state index is 0.115. The van der Waals surface area contributed by atoms with Gasteiger partial charge in [0.2, 0.25) is 0 Å². The summed E-state index contributed by atoms with van der Waals surface area (Å²) in [6, 6.07) is 13.3. The fourth-order valence-corrected chi connectivity index (χ4v) is 1.66. The van der Waals surface area contributed by atoms with Gasteiger partial charge in [0.25, 0.3) is 5.91 Å². The molecule has 0 saturated heterocycles. The van der Waals surface area contributed by atoms with Gasteiger partial charge in [0.1, 0.15) is 11.5 Å². The minimum atomic E-state index is -0.336. The van der Waals surface area contributed by atoms with Gasteiger partial charge in [-0.3, -0.25) is 4.79 Å². The van der Waals surface area contributed by atoms with Gasteiger partial charge < -0.3 is 9.84 Å². The van der Waals surface area contributed by atoms with E-state index < -0.39 is 0 Å². The van der Waals surface area contributed by atoms with Crippen molar-refractivity contribution in [2.75, 3.05) is 6.61 Å². The molecule has 2 aromatic rings. The van der Waals surface area contributed by atoms with Crippen LogP contribution in [0, 0.1) is 0 Å². The molecule has 108 valence electrons. The first kappa shape index (κ1) is 14.6. The number of carbonyl (C=O) groups is 1. The quantitative estimate of drug-likeness (QED) is 0.654. The van der Waals surface area contributed by atoms with Crippen molar-refractivity contribution < 1.29 is 14.6 Å². The van der Waals surface area contributed by atoms with Crippen LogP contribution in [-0.4, -0.2) is 23.8 Å². The maximum Gasteiger partial charge on any atom is 0.271 e. The van der Waals surface area contributed by atoms with Crippen LogP contribution >= 0.6 is 0 Å². The Bertz CT molecular complexity index is 619. The summed E-state index contributed by atoms with van der Waals surface area (Å²) in [6.07, 6.45) is 1.55. The lowest BCUT2D eigenvalue weighted by molar-refractivity contribution is 0.0955. The van der Waals surface area contributed by atoms with E-state index in [1.165, 1.54) is 24.3 Å². The molecule has 0 unspecified atom stereocenters. The van der Waals surface area contributed by atoms with E-state index in [0.717, 1.165) is 11.3 Å². The molecular weight excluding hydrogens is 268 g/mol. The third kappa shape index (κ3) is 4.35. The van der Waals surface area contributed by atoms with Crippen LogP contribution in [0.3, 0.4) is 0 Å². The first-order valence-corrected chi connectivity index (χ1v) is 6.54. The van der Waals surface area contributed by atoms with Gasteiger partial charge in [-0.15, -0.1) is 0 Å². The molecular formula is C16H16N2O3. The van der Waals surface area contributed by atoms with E-state index in [1.54, 1.807) is 6.21 Å². The van der Waals surface area contributed by atoms with Crippen LogP contribution in [0.4, 0.5) is 0 Å². The summed E-state index contributed by atoms with van der Waals surface area (Å²) in [4.78, 5) is 11.8. The van der Waals surface area contributed by atoms with Crippen LogP contribution in [0.15, 0.2) is 53.6 Å². The van der Waals surface area contributed by atoms with Crippen LogP contribution in [-0.2, 0) is 0 Å². The van der Waals surface area contributed by atoms with Crippen molar-refractivity contribution in [2.24, 2.45) is 5.10 Å². The summed E-state index contributed by atoms with van der Waals surface area (Å²) in [5.41, 5.74) is 3.70. The molecule has 0 aliphatic heterocycles. The molecule has 0 spiro atoms. The largest absolute Gasteiger partial charge is 0.508 e. The summed E-state index contributed by atoms with van der Waals surface area (Å²) in [5.74, 6) is 0.574. The van der Waals surface area contributed by atoms with Gasteiger partial charge in [-0.2, -0.15) is 5.10 Å². The predicted octanol–water partition coefficient (Wildman–Crippen LogP) is 2.55. The van der Waals surface area contributed by atoms with Crippen molar-refractivity contribution in [3.63, 3.8) is 0 Å². The molecule has 5 heteroatoms. The molecule has 0 bridgehead atoms. The second kappa shape index (κ2) is 7.09. The Balaban J connectivity index is 1.92. The van der Waals surface area contributed by atoms with Gasteiger partial charge >= 0.3 is 0 Å². The smallest absolute Gasteiger partial charge is 0.271 e. The zero-order valence-corrected chi connectivity index (χ0v) is 11.6. The van der Waals surface area contributed by atoms with Crippen LogP contribution in [0.1, 0.15) is 22.8 Å². The average Bonchev–Trinajstić information content (AvgIpc) is 2.50. The van der Waals surface area contributed by atoms with E-state index in [0.29, 0.717) is 12.2 Å². The maximum atomic E-state index is 11.8. The van der Waals surface area contributed by atoms with Crippen molar-refractivity contribution in [2.45, 2.75) is 6.92 Å². The van der Waals surface area contributed by atoms with Gasteiger partial charge in [-0.1, -0.05) is 0 Å². The van der Waals surface area contributed by atoms with Crippen molar-refractivity contribution in [1.29, 1.82) is 0 Å². The summed E-state index contributed by atoms with van der Waals surface area (Å²) >= 11 is 0. The number of amides is 1. The van der Waals surface area contributed by atoms with Crippen molar-refractivity contribution in [3.8, 4) is 11.5 Å². The monoisotopic (exact) mass is 284 g/mol. The lowest BCUT2D eigenvalue weighted by Gasteiger charge is -2.02. The second-order valence-corrected chi connectivity index (χ2v) is 4.25. The number of phenolic OH excluding ortho intramolecular Hbond substituents is 1. The van der Waals surface area contributed by atoms with E-state index in [2.05, 4.69) is 10.5 Å². The summed E-state index contributed by atoms with van der Waals surface area (Å²) in [5, 5.41) is 13.0. The summed E-state index contributed by atoms with van der Waals surface area (Å²) in [6.45, 7) is 2.55. The molecule has 1 amide bonds. The lowest BCUT2D eigenvalue weighted by atomic mass is 10.2. The Labute approximate surface area is 122 Å². The molecule has 21 heavy (non-hydrogen) atoms. The van der Waals surface area contributed by atoms with Crippen LogP contribution in [0.25, 0.3) is 0 Å². The SMILES string of the molecule is CCOc1ccc(C=NNC(=O)c2ccc(O)cc2)cc1. The Hall–Kier alpha value is -2.82. The molecule has 2 rings (SSSR count). The number of ether oxygens (including phenoxy) is 1. The number of hydrogen-bond donors (Lipinski definition) is 2. The fourth-order valence-electron chi connectivity index (χ4n) is 1.66. The molecule has 0 aliphatic rings. The Morgan fingerprint density at radius 3 is 2.48 bits per heavy atom. The molecule has 0 radical (unpaired) electrons. The molecule has 5 nitrogen and oxygen atoms in total. The third-order valence-corrected chi connectivity index (χ3v) is 2.70. The topological polar surface area (TPSA) is 70.9 Å². The fraction of sp³-hybridized carbons (Fsp3) is 0.125. The molecule has 0 fully saturated rings. The number of hydrazone groups is 1. The molecule has 0 aromatic heterocycles. The van der Waals surface area contributed by atoms with Crippen LogP contribution in [0.5, 0.6) is 11.5 Å². The Morgan fingerprint density at radius 2 is 1.86 bits per heavy atom. The van der Waals surface area contributed by atoms with E-state index in [1.807, 2.05) is 31.2 Å². The Morgan fingerprint density at radius 1 is 1.19 bits per heavy atom. The molecule has 0 aliphatic carbocycles. The number of nitrogens with one attached hydrogen (secondary N) is 1. The maximum absolute atomic E-state index is 11.8. The van der Waals surface area contributed by atoms with Crippen LogP contribution in [0.2, 0.25) is 0 Å². The second-order valence-electron chi connectivity index (χ2n) is 4.25. The number of carbonyl (C=O) groups excluding carboxylic acids is 1. The normalized spacial score (nSPS) is 10.5. The Kier molecular flexibility index (Phi) is 4.93. The lowest BCUT2D eigenvalue weighted by Crippen LogP contribution is -2.17. The van der Waals surface area contributed by atoms with Gasteiger partial charge in [-0.25, -0.2) is 5.43 Å². The predicted molar refractivity (Wildman–Crippen MR) is 80.8 cm³/mol. The third-order valence-electron chi connectivity index (χ3n) is 2.70. The highest BCUT2D eigenvalue weighted by Crippen LogP contribution is 2.11. The van der Waals surface area contributed by atoms with Crippen molar-refractivity contribution in [1.82, 2.24) is 5.43 Å². The highest BCUT2D eigenvalue weighted by atomic mass is 16.5. The minimum Gasteiger partial charge on any atom is -0.508 e. The zero-order valence-electron chi connectivity index (χ0n) is 11.6. The van der Waals surface area contributed by atoms with Gasteiger partial charge in [0.15, 0.2) is 0 Å². The average molecular weight is 284 g/mol. The van der Waals surface area contributed by atoms with Gasteiger partial charge in [0.05, 0.1) is 12.8 Å². The van der Waals surface area contributed by atoms with Crippen molar-refractivity contribution in [3.05, 3.63) is 59.7 Å². The summed E-state index contributed by atoms with van der Waals surface area (Å²) in [7, 11) is 0. The van der Waals surface area contributed by atoms with Gasteiger partial charge in [-0.05, 0) is 61.0 Å². The van der Waals surface area contributed by atoms with E-state index in [4.69, 9.17) is 9.84 Å². The zero-order chi connectivity index (χ0) is 15.1. The molecule has 0 heterocycles. The number of aromatic hydroxyl groups is 1. The van der Waals surface area contributed by atoms with Crippen LogP contribution < -0.4 is 10.2 Å². The van der Waals surface area contributed by atoms with E-state index in [9.17, 15) is 4.79 Å². The van der Waals surface area contributed by atoms with E-state index in [-0.39, 0.29) is 11.7 Å². The number of benzene rings is 2.